The van der Waals surface area contributed by atoms with E-state index in [-0.39, 0.29) is 23.8 Å². The van der Waals surface area contributed by atoms with Crippen LogP contribution in [-0.2, 0) is 19.6 Å². The van der Waals surface area contributed by atoms with Crippen molar-refractivity contribution in [2.75, 3.05) is 12.0 Å². The largest absolute Gasteiger partial charge is 0.299 e. The summed E-state index contributed by atoms with van der Waals surface area (Å²) < 4.78 is 22.4. The normalized spacial score (nSPS) is 12.3. The molecule has 0 radical (unpaired) electrons. The Morgan fingerprint density at radius 2 is 1.96 bits per heavy atom. The fourth-order valence-electron chi connectivity index (χ4n) is 2.18. The summed E-state index contributed by atoms with van der Waals surface area (Å²) in [5.41, 5.74) is 5.61. The summed E-state index contributed by atoms with van der Waals surface area (Å²) in [5, 5.41) is 14.8. The maximum absolute atomic E-state index is 12.2. The van der Waals surface area contributed by atoms with Crippen LogP contribution in [0.1, 0.15) is 32.6 Å². The second-order valence-corrected chi connectivity index (χ2v) is 7.17. The van der Waals surface area contributed by atoms with E-state index >= 15 is 0 Å². The predicted molar refractivity (Wildman–Crippen MR) is 91.8 cm³/mol. The molecule has 2 amide bonds. The number of hydrazine groups is 1. The molecule has 25 heavy (non-hydrogen) atoms. The van der Waals surface area contributed by atoms with E-state index in [0.717, 1.165) is 19.3 Å². The van der Waals surface area contributed by atoms with Crippen molar-refractivity contribution >= 4 is 28.0 Å². The van der Waals surface area contributed by atoms with Gasteiger partial charge >= 0.3 is 0 Å². The van der Waals surface area contributed by atoms with Crippen molar-refractivity contribution in [3.8, 4) is 0 Å². The topological polar surface area (TPSA) is 142 Å². The average molecular weight is 372 g/mol. The van der Waals surface area contributed by atoms with Gasteiger partial charge in [0.05, 0.1) is 23.0 Å². The Balaban J connectivity index is 2.64. The lowest BCUT2D eigenvalue weighted by molar-refractivity contribution is -0.154. The zero-order valence-corrected chi connectivity index (χ0v) is 14.8. The smallest absolute Gasteiger partial charge is 0.243 e. The molecule has 0 aliphatic heterocycles. The second-order valence-electron chi connectivity index (χ2n) is 5.60. The molecule has 1 unspecified atom stereocenters. The number of nitrogens with two attached hydrogens (primary N) is 1. The van der Waals surface area contributed by atoms with Crippen molar-refractivity contribution in [3.63, 3.8) is 0 Å². The molecule has 0 aliphatic carbocycles. The van der Waals surface area contributed by atoms with E-state index in [1.165, 1.54) is 24.3 Å². The molecule has 1 aromatic carbocycles. The number of sulfonamides is 1. The van der Waals surface area contributed by atoms with Crippen LogP contribution < -0.4 is 16.0 Å². The molecular weight excluding hydrogens is 348 g/mol. The Kier molecular flexibility index (Phi) is 8.32. The van der Waals surface area contributed by atoms with E-state index in [4.69, 9.17) is 5.14 Å². The molecule has 0 spiro atoms. The minimum absolute atomic E-state index is 0.0382. The van der Waals surface area contributed by atoms with Gasteiger partial charge in [-0.25, -0.2) is 18.6 Å². The molecule has 1 rings (SSSR count). The van der Waals surface area contributed by atoms with Crippen molar-refractivity contribution in [1.29, 1.82) is 0 Å². The van der Waals surface area contributed by atoms with Crippen LogP contribution in [0.25, 0.3) is 0 Å². The monoisotopic (exact) mass is 372 g/mol. The van der Waals surface area contributed by atoms with Gasteiger partial charge in [0.15, 0.2) is 0 Å². The van der Waals surface area contributed by atoms with Gasteiger partial charge in [-0.2, -0.15) is 0 Å². The highest BCUT2D eigenvalue weighted by Gasteiger charge is 2.20. The number of hydroxylamine groups is 2. The Bertz CT molecular complexity index is 663. The van der Waals surface area contributed by atoms with Gasteiger partial charge < -0.3 is 0 Å². The molecule has 140 valence electrons. The van der Waals surface area contributed by atoms with Gasteiger partial charge in [-0.1, -0.05) is 26.2 Å². The molecule has 0 saturated heterocycles. The number of amides is 2. The average Bonchev–Trinajstić information content (AvgIpc) is 2.58. The summed E-state index contributed by atoms with van der Waals surface area (Å²) in [5.74, 6) is -0.953. The lowest BCUT2D eigenvalue weighted by Gasteiger charge is -2.20. The van der Waals surface area contributed by atoms with Gasteiger partial charge in [0, 0.05) is 0 Å². The molecule has 0 saturated carbocycles. The van der Waals surface area contributed by atoms with Gasteiger partial charge in [-0.3, -0.25) is 25.6 Å². The van der Waals surface area contributed by atoms with Crippen LogP contribution in [0.5, 0.6) is 0 Å². The molecule has 1 aromatic rings. The van der Waals surface area contributed by atoms with E-state index in [1.807, 2.05) is 6.92 Å². The lowest BCUT2D eigenvalue weighted by Crippen LogP contribution is -2.40. The van der Waals surface area contributed by atoms with Gasteiger partial charge in [0.2, 0.25) is 22.3 Å². The van der Waals surface area contributed by atoms with Gasteiger partial charge in [0.1, 0.15) is 0 Å². The van der Waals surface area contributed by atoms with Gasteiger partial charge in [-0.05, 0) is 30.7 Å². The Hall–Kier alpha value is -2.17. The van der Waals surface area contributed by atoms with Crippen molar-refractivity contribution in [1.82, 2.24) is 10.5 Å². The van der Waals surface area contributed by atoms with Crippen molar-refractivity contribution < 1.29 is 23.2 Å². The first-order valence-corrected chi connectivity index (χ1v) is 9.42. The number of nitrogens with zero attached hydrogens (tertiary/aromatic N) is 1. The third kappa shape index (κ3) is 7.50. The first-order valence-electron chi connectivity index (χ1n) is 7.87. The second kappa shape index (κ2) is 9.97. The third-order valence-corrected chi connectivity index (χ3v) is 4.50. The number of unbranched alkanes of at least 4 members (excludes halogenated alkanes) is 2. The predicted octanol–water partition coefficient (Wildman–Crippen LogP) is 0.821. The number of benzene rings is 1. The molecule has 9 nitrogen and oxygen atoms in total. The Morgan fingerprint density at radius 1 is 1.32 bits per heavy atom. The van der Waals surface area contributed by atoms with Crippen molar-refractivity contribution in [2.45, 2.75) is 37.5 Å². The highest BCUT2D eigenvalue weighted by Crippen LogP contribution is 2.14. The summed E-state index contributed by atoms with van der Waals surface area (Å²) in [7, 11) is -3.78. The first-order chi connectivity index (χ1) is 11.8. The summed E-state index contributed by atoms with van der Waals surface area (Å²) in [6.45, 7) is 1.93. The summed E-state index contributed by atoms with van der Waals surface area (Å²) in [6, 6.07) is 5.53. The number of primary sulfonamides is 1. The van der Waals surface area contributed by atoms with E-state index in [9.17, 15) is 23.2 Å². The SMILES string of the molecule is CCCCCC(CN(O)C=O)C(=O)NNc1ccc(S(N)(=O)=O)cc1. The number of nitrogens with one attached hydrogen (secondary N) is 2. The van der Waals surface area contributed by atoms with E-state index in [1.54, 1.807) is 0 Å². The number of hydrogen-bond donors (Lipinski definition) is 4. The van der Waals surface area contributed by atoms with Gasteiger partial charge in [0.25, 0.3) is 0 Å². The number of hydrogen-bond acceptors (Lipinski definition) is 6. The van der Waals surface area contributed by atoms with Crippen LogP contribution in [0.15, 0.2) is 29.2 Å². The van der Waals surface area contributed by atoms with E-state index in [0.29, 0.717) is 17.2 Å². The fourth-order valence-corrected chi connectivity index (χ4v) is 2.69. The zero-order chi connectivity index (χ0) is 18.9. The molecule has 0 aromatic heterocycles. The van der Waals surface area contributed by atoms with Crippen LogP contribution >= 0.6 is 0 Å². The van der Waals surface area contributed by atoms with E-state index < -0.39 is 15.9 Å². The maximum Gasteiger partial charge on any atom is 0.243 e. The Labute approximate surface area is 147 Å². The van der Waals surface area contributed by atoms with Crippen LogP contribution in [0, 0.1) is 5.92 Å². The van der Waals surface area contributed by atoms with E-state index in [2.05, 4.69) is 10.9 Å². The number of carbonyl (C=O) groups is 2. The minimum Gasteiger partial charge on any atom is -0.299 e. The number of carbonyl (C=O) groups excluding carboxylic acids is 2. The molecule has 5 N–H and O–H groups in total. The molecule has 0 heterocycles. The molecule has 0 bridgehead atoms. The highest BCUT2D eigenvalue weighted by molar-refractivity contribution is 7.89. The lowest BCUT2D eigenvalue weighted by atomic mass is 10.0. The van der Waals surface area contributed by atoms with Crippen LogP contribution in [0.4, 0.5) is 5.69 Å². The van der Waals surface area contributed by atoms with Crippen LogP contribution in [0.2, 0.25) is 0 Å². The standard InChI is InChI=1S/C15H24N4O5S/c1-2-3-4-5-12(10-19(22)11-20)15(21)18-17-13-6-8-14(9-7-13)25(16,23)24/h6-9,11-12,17,22H,2-5,10H2,1H3,(H,18,21)(H2,16,23,24). The highest BCUT2D eigenvalue weighted by atomic mass is 32.2. The van der Waals surface area contributed by atoms with Crippen LogP contribution in [-0.4, -0.2) is 37.6 Å². The van der Waals surface area contributed by atoms with Gasteiger partial charge in [-0.15, -0.1) is 0 Å². The Morgan fingerprint density at radius 3 is 2.48 bits per heavy atom. The quantitative estimate of drug-likeness (QED) is 0.196. The van der Waals surface area contributed by atoms with Crippen molar-refractivity contribution in [2.24, 2.45) is 11.1 Å². The first kappa shape index (κ1) is 20.9. The fraction of sp³-hybridized carbons (Fsp3) is 0.467. The summed E-state index contributed by atoms with van der Waals surface area (Å²) in [4.78, 5) is 22.8. The molecular formula is C15H24N4O5S. The molecule has 1 atom stereocenters. The number of anilines is 1. The summed E-state index contributed by atoms with van der Waals surface area (Å²) in [6.07, 6.45) is 3.50. The minimum atomic E-state index is -3.78. The third-order valence-electron chi connectivity index (χ3n) is 3.57. The molecule has 0 aliphatic rings. The van der Waals surface area contributed by atoms with Crippen LogP contribution in [0.3, 0.4) is 0 Å². The molecule has 0 fully saturated rings. The van der Waals surface area contributed by atoms with Crippen molar-refractivity contribution in [3.05, 3.63) is 24.3 Å². The maximum atomic E-state index is 12.2. The number of rotatable bonds is 11. The zero-order valence-electron chi connectivity index (χ0n) is 14.0. The molecule has 10 heteroatoms. The summed E-state index contributed by atoms with van der Waals surface area (Å²) >= 11 is 0.